The Labute approximate surface area is 109 Å². The SMILES string of the molecule is CCCCCC1CCC(c2ccccc2)OC1=O. The molecule has 98 valence electrons. The molecule has 0 aromatic heterocycles. The van der Waals surface area contributed by atoms with Crippen LogP contribution >= 0.6 is 0 Å². The monoisotopic (exact) mass is 246 g/mol. The number of carbonyl (C=O) groups is 1. The summed E-state index contributed by atoms with van der Waals surface area (Å²) in [6, 6.07) is 10.1. The number of benzene rings is 1. The number of ether oxygens (including phenoxy) is 1. The minimum atomic E-state index is -0.0267. The Balaban J connectivity index is 1.86. The lowest BCUT2D eigenvalue weighted by Crippen LogP contribution is -2.26. The molecular formula is C16H22O2. The molecule has 1 aliphatic rings. The smallest absolute Gasteiger partial charge is 0.309 e. The quantitative estimate of drug-likeness (QED) is 0.573. The Morgan fingerprint density at radius 3 is 2.61 bits per heavy atom. The third-order valence-electron chi connectivity index (χ3n) is 3.70. The highest BCUT2D eigenvalue weighted by atomic mass is 16.5. The second kappa shape index (κ2) is 6.58. The Morgan fingerprint density at radius 1 is 1.17 bits per heavy atom. The van der Waals surface area contributed by atoms with Crippen molar-refractivity contribution in [3.63, 3.8) is 0 Å². The Hall–Kier alpha value is -1.31. The van der Waals surface area contributed by atoms with Crippen LogP contribution in [0.1, 0.15) is 57.1 Å². The van der Waals surface area contributed by atoms with Gasteiger partial charge in [0.1, 0.15) is 6.10 Å². The maximum absolute atomic E-state index is 11.9. The number of hydrogen-bond acceptors (Lipinski definition) is 2. The van der Waals surface area contributed by atoms with Gasteiger partial charge < -0.3 is 4.74 Å². The molecule has 1 aliphatic heterocycles. The van der Waals surface area contributed by atoms with E-state index in [1.54, 1.807) is 0 Å². The highest BCUT2D eigenvalue weighted by Crippen LogP contribution is 2.33. The van der Waals surface area contributed by atoms with E-state index in [1.165, 1.54) is 12.8 Å². The van der Waals surface area contributed by atoms with Crippen LogP contribution in [0.5, 0.6) is 0 Å². The summed E-state index contributed by atoms with van der Waals surface area (Å²) in [4.78, 5) is 11.9. The summed E-state index contributed by atoms with van der Waals surface area (Å²) < 4.78 is 5.58. The zero-order valence-corrected chi connectivity index (χ0v) is 11.1. The summed E-state index contributed by atoms with van der Waals surface area (Å²) >= 11 is 0. The van der Waals surface area contributed by atoms with Crippen LogP contribution in [0.25, 0.3) is 0 Å². The Morgan fingerprint density at radius 2 is 1.94 bits per heavy atom. The molecule has 2 nitrogen and oxygen atoms in total. The minimum Gasteiger partial charge on any atom is -0.457 e. The fourth-order valence-electron chi connectivity index (χ4n) is 2.57. The first-order valence-electron chi connectivity index (χ1n) is 7.06. The van der Waals surface area contributed by atoms with Gasteiger partial charge in [-0.15, -0.1) is 0 Å². The van der Waals surface area contributed by atoms with Crippen molar-refractivity contribution in [2.24, 2.45) is 5.92 Å². The van der Waals surface area contributed by atoms with Gasteiger partial charge >= 0.3 is 5.97 Å². The van der Waals surface area contributed by atoms with Gasteiger partial charge in [0.05, 0.1) is 5.92 Å². The molecule has 0 N–H and O–H groups in total. The van der Waals surface area contributed by atoms with Gasteiger partial charge in [-0.3, -0.25) is 4.79 Å². The highest BCUT2D eigenvalue weighted by Gasteiger charge is 2.30. The number of hydrogen-bond donors (Lipinski definition) is 0. The number of esters is 1. The van der Waals surface area contributed by atoms with E-state index in [-0.39, 0.29) is 18.0 Å². The van der Waals surface area contributed by atoms with Crippen LogP contribution in [-0.4, -0.2) is 5.97 Å². The standard InChI is InChI=1S/C16H22O2/c1-2-3-5-10-14-11-12-15(18-16(14)17)13-8-6-4-7-9-13/h4,6-9,14-15H,2-3,5,10-12H2,1H3. The summed E-state index contributed by atoms with van der Waals surface area (Å²) in [7, 11) is 0. The van der Waals surface area contributed by atoms with Gasteiger partial charge in [-0.25, -0.2) is 0 Å². The van der Waals surface area contributed by atoms with Crippen LogP contribution in [0.15, 0.2) is 30.3 Å². The maximum Gasteiger partial charge on any atom is 0.309 e. The van der Waals surface area contributed by atoms with Crippen LogP contribution in [0.2, 0.25) is 0 Å². The first kappa shape index (κ1) is 13.1. The first-order chi connectivity index (χ1) is 8.81. The third kappa shape index (κ3) is 3.34. The molecular weight excluding hydrogens is 224 g/mol. The second-order valence-corrected chi connectivity index (χ2v) is 5.11. The van der Waals surface area contributed by atoms with E-state index in [0.717, 1.165) is 31.2 Å². The van der Waals surface area contributed by atoms with Gasteiger partial charge in [0.15, 0.2) is 0 Å². The summed E-state index contributed by atoms with van der Waals surface area (Å²) in [5, 5.41) is 0. The van der Waals surface area contributed by atoms with Crippen molar-refractivity contribution in [1.29, 1.82) is 0 Å². The molecule has 1 fully saturated rings. The molecule has 1 aromatic rings. The molecule has 2 heteroatoms. The molecule has 18 heavy (non-hydrogen) atoms. The summed E-state index contributed by atoms with van der Waals surface area (Å²) in [5.41, 5.74) is 1.12. The van der Waals surface area contributed by atoms with E-state index in [9.17, 15) is 4.79 Å². The van der Waals surface area contributed by atoms with Crippen LogP contribution in [0, 0.1) is 5.92 Å². The van der Waals surface area contributed by atoms with E-state index < -0.39 is 0 Å². The molecule has 0 radical (unpaired) electrons. The van der Waals surface area contributed by atoms with E-state index in [4.69, 9.17) is 4.74 Å². The minimum absolute atomic E-state index is 0.00575. The molecule has 1 saturated heterocycles. The van der Waals surface area contributed by atoms with Crippen molar-refractivity contribution < 1.29 is 9.53 Å². The van der Waals surface area contributed by atoms with Crippen molar-refractivity contribution in [2.75, 3.05) is 0 Å². The van der Waals surface area contributed by atoms with E-state index in [2.05, 4.69) is 6.92 Å². The van der Waals surface area contributed by atoms with Crippen LogP contribution in [-0.2, 0) is 9.53 Å². The predicted octanol–water partition coefficient (Wildman–Crippen LogP) is 4.26. The molecule has 1 aromatic carbocycles. The van der Waals surface area contributed by atoms with Gasteiger partial charge in [0.25, 0.3) is 0 Å². The van der Waals surface area contributed by atoms with Gasteiger partial charge in [0.2, 0.25) is 0 Å². The number of carbonyl (C=O) groups excluding carboxylic acids is 1. The molecule has 2 unspecified atom stereocenters. The van der Waals surface area contributed by atoms with Gasteiger partial charge in [0, 0.05) is 0 Å². The van der Waals surface area contributed by atoms with Crippen molar-refractivity contribution in [1.82, 2.24) is 0 Å². The molecule has 0 saturated carbocycles. The maximum atomic E-state index is 11.9. The van der Waals surface area contributed by atoms with Crippen LogP contribution in [0.3, 0.4) is 0 Å². The molecule has 0 spiro atoms. The van der Waals surface area contributed by atoms with Crippen molar-refractivity contribution >= 4 is 5.97 Å². The highest BCUT2D eigenvalue weighted by molar-refractivity contribution is 5.73. The second-order valence-electron chi connectivity index (χ2n) is 5.11. The van der Waals surface area contributed by atoms with Crippen LogP contribution in [0.4, 0.5) is 0 Å². The third-order valence-corrected chi connectivity index (χ3v) is 3.70. The predicted molar refractivity (Wildman–Crippen MR) is 72.1 cm³/mol. The Kier molecular flexibility index (Phi) is 4.80. The lowest BCUT2D eigenvalue weighted by molar-refractivity contribution is -0.161. The van der Waals surface area contributed by atoms with E-state index in [0.29, 0.717) is 0 Å². The Bertz CT molecular complexity index is 372. The number of cyclic esters (lactones) is 1. The van der Waals surface area contributed by atoms with E-state index >= 15 is 0 Å². The van der Waals surface area contributed by atoms with Gasteiger partial charge in [-0.1, -0.05) is 56.5 Å². The topological polar surface area (TPSA) is 26.3 Å². The van der Waals surface area contributed by atoms with Crippen molar-refractivity contribution in [2.45, 2.75) is 51.6 Å². The summed E-state index contributed by atoms with van der Waals surface area (Å²) in [6.45, 7) is 2.19. The number of unbranched alkanes of at least 4 members (excludes halogenated alkanes) is 2. The first-order valence-corrected chi connectivity index (χ1v) is 7.06. The molecule has 1 heterocycles. The number of rotatable bonds is 5. The summed E-state index contributed by atoms with van der Waals surface area (Å²) in [6.07, 6.45) is 6.47. The van der Waals surface area contributed by atoms with Gasteiger partial charge in [-0.2, -0.15) is 0 Å². The lowest BCUT2D eigenvalue weighted by Gasteiger charge is -2.28. The molecule has 2 rings (SSSR count). The average Bonchev–Trinajstić information content (AvgIpc) is 2.42. The normalized spacial score (nSPS) is 23.7. The molecule has 0 bridgehead atoms. The fourth-order valence-corrected chi connectivity index (χ4v) is 2.57. The molecule has 0 amide bonds. The summed E-state index contributed by atoms with van der Waals surface area (Å²) in [5.74, 6) is 0.141. The van der Waals surface area contributed by atoms with Crippen molar-refractivity contribution in [3.8, 4) is 0 Å². The van der Waals surface area contributed by atoms with E-state index in [1.807, 2.05) is 30.3 Å². The fraction of sp³-hybridized carbons (Fsp3) is 0.562. The van der Waals surface area contributed by atoms with Gasteiger partial charge in [-0.05, 0) is 24.8 Å². The largest absolute Gasteiger partial charge is 0.457 e. The lowest BCUT2D eigenvalue weighted by atomic mass is 9.90. The molecule has 0 aliphatic carbocycles. The zero-order chi connectivity index (χ0) is 12.8. The zero-order valence-electron chi connectivity index (χ0n) is 11.1. The molecule has 2 atom stereocenters. The van der Waals surface area contributed by atoms with Crippen molar-refractivity contribution in [3.05, 3.63) is 35.9 Å². The average molecular weight is 246 g/mol. The van der Waals surface area contributed by atoms with Crippen LogP contribution < -0.4 is 0 Å².